The summed E-state index contributed by atoms with van der Waals surface area (Å²) in [5, 5.41) is 4.55. The minimum atomic E-state index is 0.122. The number of hydrogen-bond donors (Lipinski definition) is 1. The Labute approximate surface area is 134 Å². The van der Waals surface area contributed by atoms with Crippen LogP contribution in [0.1, 0.15) is 70.4 Å². The molecule has 1 atom stereocenters. The Hall–Kier alpha value is -0.610. The van der Waals surface area contributed by atoms with Crippen molar-refractivity contribution in [3.8, 4) is 0 Å². The molecule has 1 N–H and O–H groups in total. The molecule has 2 rings (SSSR count). The van der Waals surface area contributed by atoms with Gasteiger partial charge in [-0.3, -0.25) is 0 Å². The normalized spacial score (nSPS) is 20.0. The number of aromatic nitrogens is 1. The van der Waals surface area contributed by atoms with Gasteiger partial charge in [-0.2, -0.15) is 0 Å². The maximum absolute atomic E-state index is 5.06. The molecule has 2 heterocycles. The van der Waals surface area contributed by atoms with Crippen LogP contribution in [0.15, 0.2) is 0 Å². The van der Waals surface area contributed by atoms with Gasteiger partial charge in [0.05, 0.1) is 5.69 Å². The van der Waals surface area contributed by atoms with Crippen molar-refractivity contribution in [3.05, 3.63) is 10.6 Å². The molecular formula is C17H31N3S. The van der Waals surface area contributed by atoms with E-state index in [4.69, 9.17) is 4.98 Å². The van der Waals surface area contributed by atoms with E-state index in [1.165, 1.54) is 54.4 Å². The van der Waals surface area contributed by atoms with Crippen LogP contribution in [0.5, 0.6) is 0 Å². The maximum atomic E-state index is 5.06. The number of piperidine rings is 1. The Morgan fingerprint density at radius 1 is 1.33 bits per heavy atom. The average molecular weight is 310 g/mol. The summed E-state index contributed by atoms with van der Waals surface area (Å²) in [6.45, 7) is 11.2. The van der Waals surface area contributed by atoms with Crippen molar-refractivity contribution in [1.29, 1.82) is 0 Å². The highest BCUT2D eigenvalue weighted by Crippen LogP contribution is 2.36. The summed E-state index contributed by atoms with van der Waals surface area (Å²) in [5.41, 5.74) is 1.40. The predicted molar refractivity (Wildman–Crippen MR) is 93.5 cm³/mol. The minimum Gasteiger partial charge on any atom is -0.345 e. The molecule has 120 valence electrons. The Morgan fingerprint density at radius 3 is 2.71 bits per heavy atom. The zero-order valence-corrected chi connectivity index (χ0v) is 15.1. The van der Waals surface area contributed by atoms with Gasteiger partial charge < -0.3 is 10.2 Å². The molecule has 1 aliphatic rings. The van der Waals surface area contributed by atoms with E-state index in [1.54, 1.807) is 0 Å². The Kier molecular flexibility index (Phi) is 5.67. The number of nitrogens with zero attached hydrogens (tertiary/aromatic N) is 2. The lowest BCUT2D eigenvalue weighted by Crippen LogP contribution is -2.39. The van der Waals surface area contributed by atoms with Crippen LogP contribution in [-0.4, -0.2) is 24.6 Å². The third-order valence-electron chi connectivity index (χ3n) is 4.23. The summed E-state index contributed by atoms with van der Waals surface area (Å²) < 4.78 is 0. The van der Waals surface area contributed by atoms with Gasteiger partial charge in [0.15, 0.2) is 5.13 Å². The zero-order chi connectivity index (χ0) is 15.5. The summed E-state index contributed by atoms with van der Waals surface area (Å²) in [6, 6.07) is 0.699. The van der Waals surface area contributed by atoms with Crippen LogP contribution in [-0.2, 0) is 12.0 Å². The SMILES string of the molecule is CCCC1CCCCN1c1nc(C(C)(C)C)c(CNC)s1. The molecule has 1 aliphatic heterocycles. The molecule has 1 unspecified atom stereocenters. The van der Waals surface area contributed by atoms with Crippen molar-refractivity contribution in [2.45, 2.75) is 77.8 Å². The second-order valence-corrected chi connectivity index (χ2v) is 8.24. The molecule has 3 nitrogen and oxygen atoms in total. The van der Waals surface area contributed by atoms with Crippen molar-refractivity contribution in [1.82, 2.24) is 10.3 Å². The molecule has 1 aromatic rings. The number of thiazole rings is 1. The van der Waals surface area contributed by atoms with Gasteiger partial charge in [-0.15, -0.1) is 11.3 Å². The molecule has 0 bridgehead atoms. The lowest BCUT2D eigenvalue weighted by Gasteiger charge is -2.35. The third-order valence-corrected chi connectivity index (χ3v) is 5.32. The fourth-order valence-electron chi connectivity index (χ4n) is 3.21. The molecule has 0 radical (unpaired) electrons. The van der Waals surface area contributed by atoms with E-state index >= 15 is 0 Å². The van der Waals surface area contributed by atoms with E-state index in [0.717, 1.165) is 6.54 Å². The molecule has 4 heteroatoms. The van der Waals surface area contributed by atoms with E-state index in [9.17, 15) is 0 Å². The van der Waals surface area contributed by atoms with Gasteiger partial charge >= 0.3 is 0 Å². The fraction of sp³-hybridized carbons (Fsp3) is 0.824. The maximum Gasteiger partial charge on any atom is 0.186 e. The van der Waals surface area contributed by atoms with Crippen molar-refractivity contribution in [3.63, 3.8) is 0 Å². The number of rotatable bonds is 5. The van der Waals surface area contributed by atoms with Gasteiger partial charge in [0.2, 0.25) is 0 Å². The molecular weight excluding hydrogens is 278 g/mol. The highest BCUT2D eigenvalue weighted by molar-refractivity contribution is 7.15. The minimum absolute atomic E-state index is 0.122. The number of hydrogen-bond acceptors (Lipinski definition) is 4. The largest absolute Gasteiger partial charge is 0.345 e. The molecule has 1 aromatic heterocycles. The second kappa shape index (κ2) is 7.10. The molecule has 1 saturated heterocycles. The van der Waals surface area contributed by atoms with Crippen LogP contribution in [0.4, 0.5) is 5.13 Å². The lowest BCUT2D eigenvalue weighted by molar-refractivity contribution is 0.433. The van der Waals surface area contributed by atoms with Crippen molar-refractivity contribution >= 4 is 16.5 Å². The van der Waals surface area contributed by atoms with Crippen LogP contribution in [0.3, 0.4) is 0 Å². The summed E-state index contributed by atoms with van der Waals surface area (Å²) in [7, 11) is 2.02. The Balaban J connectivity index is 2.29. The summed E-state index contributed by atoms with van der Waals surface area (Å²) in [6.07, 6.45) is 6.58. The van der Waals surface area contributed by atoms with Crippen molar-refractivity contribution < 1.29 is 0 Å². The highest BCUT2D eigenvalue weighted by Gasteiger charge is 2.28. The van der Waals surface area contributed by atoms with E-state index < -0.39 is 0 Å². The molecule has 0 saturated carbocycles. The highest BCUT2D eigenvalue weighted by atomic mass is 32.1. The van der Waals surface area contributed by atoms with E-state index in [0.29, 0.717) is 6.04 Å². The monoisotopic (exact) mass is 309 g/mol. The van der Waals surface area contributed by atoms with E-state index in [-0.39, 0.29) is 5.41 Å². The molecule has 0 amide bonds. The zero-order valence-electron chi connectivity index (χ0n) is 14.3. The van der Waals surface area contributed by atoms with Crippen molar-refractivity contribution in [2.75, 3.05) is 18.5 Å². The van der Waals surface area contributed by atoms with Gasteiger partial charge in [-0.05, 0) is 32.7 Å². The summed E-state index contributed by atoms with van der Waals surface area (Å²) in [4.78, 5) is 9.05. The van der Waals surface area contributed by atoms with Gasteiger partial charge in [0.1, 0.15) is 0 Å². The standard InChI is InChI=1S/C17H31N3S/c1-6-9-13-10-7-8-11-20(13)16-19-15(17(2,3)4)14(21-16)12-18-5/h13,18H,6-12H2,1-5H3. The third kappa shape index (κ3) is 3.98. The fourth-order valence-corrected chi connectivity index (χ4v) is 4.59. The quantitative estimate of drug-likeness (QED) is 0.878. The van der Waals surface area contributed by atoms with Crippen LogP contribution in [0, 0.1) is 0 Å². The molecule has 0 aromatic carbocycles. The van der Waals surface area contributed by atoms with Crippen LogP contribution < -0.4 is 10.2 Å². The van der Waals surface area contributed by atoms with Crippen LogP contribution in [0.2, 0.25) is 0 Å². The first-order valence-electron chi connectivity index (χ1n) is 8.38. The molecule has 1 fully saturated rings. The molecule has 21 heavy (non-hydrogen) atoms. The number of nitrogens with one attached hydrogen (secondary N) is 1. The first-order chi connectivity index (χ1) is 9.97. The Morgan fingerprint density at radius 2 is 2.10 bits per heavy atom. The lowest BCUT2D eigenvalue weighted by atomic mass is 9.91. The van der Waals surface area contributed by atoms with Crippen molar-refractivity contribution in [2.24, 2.45) is 0 Å². The van der Waals surface area contributed by atoms with Gasteiger partial charge in [-0.1, -0.05) is 34.1 Å². The summed E-state index contributed by atoms with van der Waals surface area (Å²) >= 11 is 1.90. The first kappa shape index (κ1) is 16.8. The average Bonchev–Trinajstić information content (AvgIpc) is 2.84. The van der Waals surface area contributed by atoms with Crippen LogP contribution in [0.25, 0.3) is 0 Å². The van der Waals surface area contributed by atoms with Gasteiger partial charge in [-0.25, -0.2) is 4.98 Å². The second-order valence-electron chi connectivity index (χ2n) is 7.18. The predicted octanol–water partition coefficient (Wildman–Crippen LogP) is 4.32. The first-order valence-corrected chi connectivity index (χ1v) is 9.20. The Bertz CT molecular complexity index is 445. The summed E-state index contributed by atoms with van der Waals surface area (Å²) in [5.74, 6) is 0. The van der Waals surface area contributed by atoms with Crippen LogP contribution >= 0.6 is 11.3 Å². The topological polar surface area (TPSA) is 28.2 Å². The molecule has 0 aliphatic carbocycles. The smallest absolute Gasteiger partial charge is 0.186 e. The van der Waals surface area contributed by atoms with E-state index in [2.05, 4.69) is 37.9 Å². The van der Waals surface area contributed by atoms with E-state index in [1.807, 2.05) is 18.4 Å². The number of anilines is 1. The van der Waals surface area contributed by atoms with Gasteiger partial charge in [0.25, 0.3) is 0 Å². The molecule has 0 spiro atoms. The van der Waals surface area contributed by atoms with Gasteiger partial charge in [0, 0.05) is 29.4 Å².